The molecule has 1 N–H and O–H groups in total. The second kappa shape index (κ2) is 4.30. The van der Waals surface area contributed by atoms with Crippen LogP contribution in [0.2, 0.25) is 0 Å². The molecule has 17 heavy (non-hydrogen) atoms. The number of hydrogen-bond acceptors (Lipinski definition) is 3. The molecule has 3 rings (SSSR count). The minimum absolute atomic E-state index is 0.0605. The van der Waals surface area contributed by atoms with Gasteiger partial charge in [-0.05, 0) is 12.0 Å². The van der Waals surface area contributed by atoms with Gasteiger partial charge in [0.2, 0.25) is 0 Å². The van der Waals surface area contributed by atoms with Crippen LogP contribution in [-0.4, -0.2) is 16.9 Å². The van der Waals surface area contributed by atoms with Crippen LogP contribution in [0.1, 0.15) is 28.4 Å². The lowest BCUT2D eigenvalue weighted by molar-refractivity contribution is 0.0946. The number of aromatic nitrogens is 1. The maximum absolute atomic E-state index is 11.8. The van der Waals surface area contributed by atoms with Gasteiger partial charge >= 0.3 is 0 Å². The minimum Gasteiger partial charge on any atom is -0.347 e. The standard InChI is InChI=1S/C13H12N2OS/c16-13(12-7-17-8-14-12)15-11-6-10(11)9-4-2-1-3-5-9/h1-5,7-8,10-11H,6H2,(H,15,16). The molecule has 2 atom stereocenters. The second-order valence-electron chi connectivity index (χ2n) is 4.21. The van der Waals surface area contributed by atoms with E-state index < -0.39 is 0 Å². The molecule has 1 aliphatic rings. The third-order valence-electron chi connectivity index (χ3n) is 3.00. The van der Waals surface area contributed by atoms with E-state index in [1.54, 1.807) is 10.9 Å². The molecule has 1 aliphatic carbocycles. The molecule has 0 bridgehead atoms. The third-order valence-corrected chi connectivity index (χ3v) is 3.59. The number of thiazole rings is 1. The van der Waals surface area contributed by atoms with E-state index in [0.29, 0.717) is 11.6 Å². The van der Waals surface area contributed by atoms with Crippen LogP contribution in [0, 0.1) is 0 Å². The van der Waals surface area contributed by atoms with Crippen molar-refractivity contribution in [2.24, 2.45) is 0 Å². The fraction of sp³-hybridized carbons (Fsp3) is 0.231. The van der Waals surface area contributed by atoms with Gasteiger partial charge in [0.15, 0.2) is 0 Å². The molecule has 0 spiro atoms. The summed E-state index contributed by atoms with van der Waals surface area (Å²) >= 11 is 1.44. The second-order valence-corrected chi connectivity index (χ2v) is 4.93. The summed E-state index contributed by atoms with van der Waals surface area (Å²) in [6.07, 6.45) is 1.03. The Morgan fingerprint density at radius 2 is 2.18 bits per heavy atom. The summed E-state index contributed by atoms with van der Waals surface area (Å²) < 4.78 is 0. The lowest BCUT2D eigenvalue weighted by Crippen LogP contribution is -2.26. The molecule has 0 saturated heterocycles. The van der Waals surface area contributed by atoms with Gasteiger partial charge in [-0.3, -0.25) is 4.79 Å². The van der Waals surface area contributed by atoms with Crippen LogP contribution in [0.15, 0.2) is 41.2 Å². The Morgan fingerprint density at radius 1 is 1.35 bits per heavy atom. The lowest BCUT2D eigenvalue weighted by atomic mass is 10.1. The van der Waals surface area contributed by atoms with E-state index in [1.807, 2.05) is 18.2 Å². The topological polar surface area (TPSA) is 42.0 Å². The van der Waals surface area contributed by atoms with Crippen molar-refractivity contribution < 1.29 is 4.79 Å². The molecule has 4 heteroatoms. The predicted molar refractivity (Wildman–Crippen MR) is 67.2 cm³/mol. The van der Waals surface area contributed by atoms with Crippen LogP contribution in [0.4, 0.5) is 0 Å². The summed E-state index contributed by atoms with van der Waals surface area (Å²) in [4.78, 5) is 15.8. The number of carbonyl (C=O) groups is 1. The highest BCUT2D eigenvalue weighted by Crippen LogP contribution is 2.40. The highest BCUT2D eigenvalue weighted by Gasteiger charge is 2.39. The summed E-state index contributed by atoms with van der Waals surface area (Å²) in [6, 6.07) is 10.6. The quantitative estimate of drug-likeness (QED) is 0.901. The zero-order valence-corrected chi connectivity index (χ0v) is 9.98. The molecule has 1 heterocycles. The van der Waals surface area contributed by atoms with Crippen molar-refractivity contribution in [1.29, 1.82) is 0 Å². The first-order valence-electron chi connectivity index (χ1n) is 5.58. The normalized spacial score (nSPS) is 22.1. The van der Waals surface area contributed by atoms with E-state index >= 15 is 0 Å². The van der Waals surface area contributed by atoms with Gasteiger partial charge in [0.1, 0.15) is 5.69 Å². The van der Waals surface area contributed by atoms with Gasteiger partial charge in [0, 0.05) is 17.3 Å². The zero-order valence-electron chi connectivity index (χ0n) is 9.17. The molecule has 0 aliphatic heterocycles. The molecule has 1 aromatic heterocycles. The van der Waals surface area contributed by atoms with Gasteiger partial charge in [0.25, 0.3) is 5.91 Å². The van der Waals surface area contributed by atoms with Gasteiger partial charge < -0.3 is 5.32 Å². The predicted octanol–water partition coefficient (Wildman–Crippen LogP) is 2.43. The van der Waals surface area contributed by atoms with Crippen LogP contribution in [0.5, 0.6) is 0 Å². The Morgan fingerprint density at radius 3 is 2.88 bits per heavy atom. The van der Waals surface area contributed by atoms with E-state index in [9.17, 15) is 4.79 Å². The average molecular weight is 244 g/mol. The fourth-order valence-electron chi connectivity index (χ4n) is 1.99. The maximum atomic E-state index is 11.8. The molecular weight excluding hydrogens is 232 g/mol. The van der Waals surface area contributed by atoms with Crippen LogP contribution in [-0.2, 0) is 0 Å². The fourth-order valence-corrected chi connectivity index (χ4v) is 2.52. The number of nitrogens with one attached hydrogen (secondary N) is 1. The van der Waals surface area contributed by atoms with Crippen molar-refractivity contribution in [1.82, 2.24) is 10.3 Å². The molecular formula is C13H12N2OS. The molecule has 0 radical (unpaired) electrons. The summed E-state index contributed by atoms with van der Waals surface area (Å²) in [5.41, 5.74) is 3.50. The van der Waals surface area contributed by atoms with E-state index in [2.05, 4.69) is 22.4 Å². The average Bonchev–Trinajstić information content (AvgIpc) is 2.92. The summed E-state index contributed by atoms with van der Waals surface area (Å²) in [7, 11) is 0. The van der Waals surface area contributed by atoms with E-state index in [-0.39, 0.29) is 11.9 Å². The number of benzene rings is 1. The van der Waals surface area contributed by atoms with E-state index in [4.69, 9.17) is 0 Å². The van der Waals surface area contributed by atoms with Crippen molar-refractivity contribution >= 4 is 17.2 Å². The van der Waals surface area contributed by atoms with Crippen molar-refractivity contribution in [3.63, 3.8) is 0 Å². The molecule has 2 aromatic rings. The van der Waals surface area contributed by atoms with Crippen molar-refractivity contribution in [3.05, 3.63) is 52.5 Å². The first-order chi connectivity index (χ1) is 8.34. The van der Waals surface area contributed by atoms with Crippen molar-refractivity contribution in [3.8, 4) is 0 Å². The van der Waals surface area contributed by atoms with Gasteiger partial charge in [-0.25, -0.2) is 4.98 Å². The smallest absolute Gasteiger partial charge is 0.270 e. The lowest BCUT2D eigenvalue weighted by Gasteiger charge is -2.02. The summed E-state index contributed by atoms with van der Waals surface area (Å²) in [5, 5.41) is 4.78. The Kier molecular flexibility index (Phi) is 2.65. The summed E-state index contributed by atoms with van der Waals surface area (Å²) in [5.74, 6) is 0.411. The van der Waals surface area contributed by atoms with Gasteiger partial charge in [0.05, 0.1) is 5.51 Å². The van der Waals surface area contributed by atoms with Gasteiger partial charge in [-0.1, -0.05) is 30.3 Å². The monoisotopic (exact) mass is 244 g/mol. The Balaban J connectivity index is 1.61. The molecule has 1 saturated carbocycles. The molecule has 3 nitrogen and oxygen atoms in total. The number of rotatable bonds is 3. The van der Waals surface area contributed by atoms with E-state index in [1.165, 1.54) is 16.9 Å². The Hall–Kier alpha value is -1.68. The van der Waals surface area contributed by atoms with Crippen LogP contribution >= 0.6 is 11.3 Å². The highest BCUT2D eigenvalue weighted by molar-refractivity contribution is 7.07. The zero-order chi connectivity index (χ0) is 11.7. The largest absolute Gasteiger partial charge is 0.347 e. The van der Waals surface area contributed by atoms with Crippen molar-refractivity contribution in [2.45, 2.75) is 18.4 Å². The third kappa shape index (κ3) is 2.22. The molecule has 2 unspecified atom stereocenters. The number of amides is 1. The van der Waals surface area contributed by atoms with Gasteiger partial charge in [-0.15, -0.1) is 11.3 Å². The molecule has 1 fully saturated rings. The number of hydrogen-bond donors (Lipinski definition) is 1. The Bertz CT molecular complexity index is 509. The molecule has 1 amide bonds. The first kappa shape index (κ1) is 10.5. The van der Waals surface area contributed by atoms with Crippen molar-refractivity contribution in [2.75, 3.05) is 0 Å². The first-order valence-corrected chi connectivity index (χ1v) is 6.53. The molecule has 1 aromatic carbocycles. The van der Waals surface area contributed by atoms with Gasteiger partial charge in [-0.2, -0.15) is 0 Å². The maximum Gasteiger partial charge on any atom is 0.270 e. The summed E-state index contributed by atoms with van der Waals surface area (Å²) in [6.45, 7) is 0. The number of carbonyl (C=O) groups excluding carboxylic acids is 1. The SMILES string of the molecule is O=C(NC1CC1c1ccccc1)c1cscn1. The van der Waals surface area contributed by atoms with Crippen LogP contribution in [0.3, 0.4) is 0 Å². The number of nitrogens with zero attached hydrogens (tertiary/aromatic N) is 1. The van der Waals surface area contributed by atoms with Crippen LogP contribution in [0.25, 0.3) is 0 Å². The minimum atomic E-state index is -0.0605. The highest BCUT2D eigenvalue weighted by atomic mass is 32.1. The Labute approximate surface area is 104 Å². The van der Waals surface area contributed by atoms with E-state index in [0.717, 1.165) is 6.42 Å². The molecule has 86 valence electrons. The van der Waals surface area contributed by atoms with Crippen LogP contribution < -0.4 is 5.32 Å².